The van der Waals surface area contributed by atoms with Crippen LogP contribution in [0.25, 0.3) is 5.57 Å². The highest BCUT2D eigenvalue weighted by atomic mass is 16.3. The molecule has 6 rings (SSSR count). The van der Waals surface area contributed by atoms with E-state index in [-0.39, 0.29) is 41.7 Å². The average Bonchev–Trinajstić information content (AvgIpc) is 3.05. The second kappa shape index (κ2) is 11.6. The van der Waals surface area contributed by atoms with Gasteiger partial charge in [-0.05, 0) is 16.7 Å². The van der Waals surface area contributed by atoms with Crippen LogP contribution in [0.2, 0.25) is 0 Å². The summed E-state index contributed by atoms with van der Waals surface area (Å²) in [5, 5.41) is 66.9. The smallest absolute Gasteiger partial charge is 0.202 e. The average molecular weight is 601 g/mol. The van der Waals surface area contributed by atoms with Crippen molar-refractivity contribution in [2.75, 3.05) is 0 Å². The Labute approximate surface area is 258 Å². The summed E-state index contributed by atoms with van der Waals surface area (Å²) in [6.45, 7) is 0. The van der Waals surface area contributed by atoms with E-state index >= 15 is 0 Å². The monoisotopic (exact) mass is 600 g/mol. The lowest BCUT2D eigenvalue weighted by Crippen LogP contribution is -2.27. The molecule has 4 aromatic rings. The summed E-state index contributed by atoms with van der Waals surface area (Å²) in [6.07, 6.45) is 0.984. The first kappa shape index (κ1) is 29.1. The Balaban J connectivity index is 1.52. The van der Waals surface area contributed by atoms with Crippen molar-refractivity contribution < 1.29 is 40.2 Å². The summed E-state index contributed by atoms with van der Waals surface area (Å²) < 4.78 is 0. The highest BCUT2D eigenvalue weighted by Gasteiger charge is 2.44. The minimum Gasteiger partial charge on any atom is -0.507 e. The quantitative estimate of drug-likeness (QED) is 0.137. The van der Waals surface area contributed by atoms with Crippen LogP contribution in [0.5, 0.6) is 17.2 Å². The van der Waals surface area contributed by atoms with Crippen molar-refractivity contribution in [1.29, 1.82) is 0 Å². The topological polar surface area (TPSA) is 156 Å². The van der Waals surface area contributed by atoms with E-state index in [1.807, 2.05) is 12.1 Å². The number of rotatable bonds is 7. The van der Waals surface area contributed by atoms with Crippen LogP contribution in [-0.2, 0) is 28.9 Å². The first-order valence-corrected chi connectivity index (χ1v) is 14.2. The molecule has 224 valence electrons. The van der Waals surface area contributed by atoms with Gasteiger partial charge in [-0.2, -0.15) is 0 Å². The summed E-state index contributed by atoms with van der Waals surface area (Å²) in [4.78, 5) is 26.7. The Morgan fingerprint density at radius 2 is 0.911 bits per heavy atom. The van der Waals surface area contributed by atoms with Gasteiger partial charge in [0.05, 0.1) is 22.3 Å². The summed E-state index contributed by atoms with van der Waals surface area (Å²) in [7, 11) is 0. The van der Waals surface area contributed by atoms with Gasteiger partial charge in [0, 0.05) is 42.0 Å². The first-order chi connectivity index (χ1) is 21.7. The van der Waals surface area contributed by atoms with Crippen LogP contribution < -0.4 is 0 Å². The van der Waals surface area contributed by atoms with Crippen LogP contribution in [0.3, 0.4) is 0 Å². The maximum absolute atomic E-state index is 13.7. The molecule has 4 aromatic carbocycles. The molecular weight excluding hydrogens is 572 g/mol. The molecular formula is C37H28O8. The number of benzene rings is 4. The summed E-state index contributed by atoms with van der Waals surface area (Å²) in [5.74, 6) is -5.24. The van der Waals surface area contributed by atoms with E-state index in [9.17, 15) is 40.2 Å². The fourth-order valence-corrected chi connectivity index (χ4v) is 5.75. The van der Waals surface area contributed by atoms with Crippen molar-refractivity contribution in [3.05, 3.63) is 164 Å². The van der Waals surface area contributed by atoms with Gasteiger partial charge in [-0.25, -0.2) is 0 Å². The number of carbonyl (C=O) groups is 2. The van der Waals surface area contributed by atoms with Gasteiger partial charge in [0.1, 0.15) is 34.5 Å². The molecule has 0 radical (unpaired) electrons. The molecule has 0 saturated carbocycles. The predicted molar refractivity (Wildman–Crippen MR) is 167 cm³/mol. The fourth-order valence-electron chi connectivity index (χ4n) is 5.75. The maximum atomic E-state index is 13.7. The highest BCUT2D eigenvalue weighted by Crippen LogP contribution is 2.52. The molecule has 8 nitrogen and oxygen atoms in total. The molecule has 45 heavy (non-hydrogen) atoms. The van der Waals surface area contributed by atoms with Crippen LogP contribution >= 0.6 is 0 Å². The Morgan fingerprint density at radius 3 is 1.36 bits per heavy atom. The van der Waals surface area contributed by atoms with Gasteiger partial charge in [-0.1, -0.05) is 91.0 Å². The second-order valence-electron chi connectivity index (χ2n) is 10.9. The molecule has 2 aliphatic rings. The second-order valence-corrected chi connectivity index (χ2v) is 10.9. The van der Waals surface area contributed by atoms with Crippen LogP contribution in [0.15, 0.2) is 131 Å². The van der Waals surface area contributed by atoms with Crippen molar-refractivity contribution in [2.45, 2.75) is 19.3 Å². The van der Waals surface area contributed by atoms with Gasteiger partial charge < -0.3 is 30.6 Å². The maximum Gasteiger partial charge on any atom is 0.202 e. The Hall–Kier alpha value is -6.02. The van der Waals surface area contributed by atoms with E-state index in [1.165, 1.54) is 0 Å². The number of ketones is 2. The highest BCUT2D eigenvalue weighted by molar-refractivity contribution is 6.42. The third-order valence-corrected chi connectivity index (χ3v) is 8.06. The van der Waals surface area contributed by atoms with E-state index in [1.54, 1.807) is 78.9 Å². The van der Waals surface area contributed by atoms with Crippen molar-refractivity contribution >= 4 is 17.1 Å². The van der Waals surface area contributed by atoms with Crippen LogP contribution in [0.1, 0.15) is 33.4 Å². The number of phenols is 3. The van der Waals surface area contributed by atoms with Gasteiger partial charge in [0.25, 0.3) is 0 Å². The molecule has 0 spiro atoms. The molecule has 0 aromatic heterocycles. The standard InChI is InChI=1S/C37H28O8/c38-26-19-27(39)28(33(41)23(26)16-20-10-4-1-5-11-20)29-36(44)31(37(29)45)30-34(42)24(17-21-12-6-2-7-13-21)32(40)25(35(30)43)18-22-14-8-3-9-15-22/h1-15,19,38,40-44H,16-18H2/b29-28+. The normalized spacial score (nSPS) is 16.6. The zero-order valence-corrected chi connectivity index (χ0v) is 23.9. The van der Waals surface area contributed by atoms with Gasteiger partial charge in [0.2, 0.25) is 5.78 Å². The number of aliphatic hydroxyl groups excluding tert-OH is 3. The number of hydrogen-bond acceptors (Lipinski definition) is 8. The molecule has 0 amide bonds. The van der Waals surface area contributed by atoms with E-state index in [2.05, 4.69) is 0 Å². The zero-order valence-electron chi connectivity index (χ0n) is 23.9. The fraction of sp³-hybridized carbons (Fsp3) is 0.0811. The lowest BCUT2D eigenvalue weighted by molar-refractivity contribution is -0.114. The van der Waals surface area contributed by atoms with Crippen LogP contribution in [0.4, 0.5) is 0 Å². The van der Waals surface area contributed by atoms with Crippen LogP contribution in [-0.4, -0.2) is 42.2 Å². The van der Waals surface area contributed by atoms with Crippen molar-refractivity contribution in [2.24, 2.45) is 0 Å². The summed E-state index contributed by atoms with van der Waals surface area (Å²) in [6, 6.07) is 26.8. The number of Topliss-reactive ketones (excluding diaryl/α,β-unsaturated/α-hetero) is 1. The van der Waals surface area contributed by atoms with E-state index in [4.69, 9.17) is 0 Å². The third kappa shape index (κ3) is 5.12. The molecule has 0 fully saturated rings. The molecule has 0 heterocycles. The Morgan fingerprint density at radius 1 is 0.467 bits per heavy atom. The molecule has 8 heteroatoms. The molecule has 6 N–H and O–H groups in total. The van der Waals surface area contributed by atoms with Gasteiger partial charge in [-0.3, -0.25) is 9.59 Å². The lowest BCUT2D eigenvalue weighted by Gasteiger charge is -2.28. The van der Waals surface area contributed by atoms with Crippen molar-refractivity contribution in [3.63, 3.8) is 0 Å². The number of aromatic hydroxyl groups is 3. The number of phenolic OH excluding ortho intramolecular Hbond substituents is 3. The van der Waals surface area contributed by atoms with Gasteiger partial charge in [0.15, 0.2) is 5.78 Å². The largest absolute Gasteiger partial charge is 0.507 e. The molecule has 2 aliphatic carbocycles. The van der Waals surface area contributed by atoms with Gasteiger partial charge >= 0.3 is 0 Å². The van der Waals surface area contributed by atoms with E-state index < -0.39 is 62.6 Å². The SMILES string of the molecule is O=C1C=C(O)C(Cc2ccccc2)=C(O)/C1=C1/C(=O)C(c2c(O)c(Cc3ccccc3)c(O)c(Cc3ccccc3)c2O)=C1O. The molecule has 0 unspecified atom stereocenters. The number of aliphatic hydroxyl groups is 3. The minimum atomic E-state index is -0.913. The Kier molecular flexibility index (Phi) is 7.48. The Bertz CT molecular complexity index is 1910. The summed E-state index contributed by atoms with van der Waals surface area (Å²) >= 11 is 0. The van der Waals surface area contributed by atoms with Crippen molar-refractivity contribution in [1.82, 2.24) is 0 Å². The van der Waals surface area contributed by atoms with Crippen LogP contribution in [0, 0.1) is 0 Å². The number of carbonyl (C=O) groups excluding carboxylic acids is 2. The van der Waals surface area contributed by atoms with E-state index in [0.29, 0.717) is 5.56 Å². The molecule has 0 aliphatic heterocycles. The molecule has 0 saturated heterocycles. The minimum absolute atomic E-state index is 0.0111. The number of allylic oxidation sites excluding steroid dienone is 5. The summed E-state index contributed by atoms with van der Waals surface area (Å²) in [5.41, 5.74) is 0.341. The zero-order chi connectivity index (χ0) is 31.8. The molecule has 0 bridgehead atoms. The molecule has 0 atom stereocenters. The first-order valence-electron chi connectivity index (χ1n) is 14.2. The van der Waals surface area contributed by atoms with Crippen molar-refractivity contribution in [3.8, 4) is 17.2 Å². The third-order valence-electron chi connectivity index (χ3n) is 8.06. The lowest BCUT2D eigenvalue weighted by atomic mass is 9.76. The number of hydrogen-bond donors (Lipinski definition) is 6. The van der Waals surface area contributed by atoms with Gasteiger partial charge in [-0.15, -0.1) is 0 Å². The van der Waals surface area contributed by atoms with E-state index in [0.717, 1.165) is 17.2 Å². The predicted octanol–water partition coefficient (Wildman–Crippen LogP) is 6.21.